The summed E-state index contributed by atoms with van der Waals surface area (Å²) in [4.78, 5) is 11.1. The van der Waals surface area contributed by atoms with Crippen molar-refractivity contribution in [2.24, 2.45) is 0 Å². The van der Waals surface area contributed by atoms with Gasteiger partial charge in [0.25, 0.3) is 0 Å². The van der Waals surface area contributed by atoms with Crippen LogP contribution in [-0.2, 0) is 4.74 Å². The summed E-state index contributed by atoms with van der Waals surface area (Å²) in [5, 5.41) is 7.59. The van der Waals surface area contributed by atoms with Gasteiger partial charge in [0.15, 0.2) is 5.65 Å². The Balaban J connectivity index is 1.68. The smallest absolute Gasteiger partial charge is 0.248 e. The number of pyridine rings is 2. The van der Waals surface area contributed by atoms with Crippen LogP contribution >= 0.6 is 0 Å². The Morgan fingerprint density at radius 1 is 1.09 bits per heavy atom. The molecule has 0 unspecified atom stereocenters. The summed E-state index contributed by atoms with van der Waals surface area (Å²) in [5.74, 6) is 1.27. The van der Waals surface area contributed by atoms with Crippen LogP contribution < -0.4 is 10.2 Å². The maximum atomic E-state index is 5.41. The number of anilines is 3. The van der Waals surface area contributed by atoms with Crippen molar-refractivity contribution in [3.05, 3.63) is 42.7 Å². The van der Waals surface area contributed by atoms with Crippen LogP contribution in [0.1, 0.15) is 0 Å². The number of morpholine rings is 1. The average Bonchev–Trinajstić information content (AvgIpc) is 2.99. The zero-order valence-corrected chi connectivity index (χ0v) is 12.0. The van der Waals surface area contributed by atoms with E-state index in [1.54, 1.807) is 10.7 Å². The molecule has 3 aromatic rings. The SMILES string of the molecule is c1ccc(Nc2nc3c(N4CCOCC4)cccn3n2)nc1. The molecule has 0 radical (unpaired) electrons. The summed E-state index contributed by atoms with van der Waals surface area (Å²) in [6.07, 6.45) is 3.63. The molecule has 0 aromatic carbocycles. The fraction of sp³-hybridized carbons (Fsp3) is 0.267. The number of rotatable bonds is 3. The molecule has 112 valence electrons. The topological polar surface area (TPSA) is 67.6 Å². The van der Waals surface area contributed by atoms with E-state index in [0.717, 1.165) is 43.5 Å². The second kappa shape index (κ2) is 5.61. The molecule has 4 rings (SSSR count). The highest BCUT2D eigenvalue weighted by Gasteiger charge is 2.16. The van der Waals surface area contributed by atoms with Gasteiger partial charge in [-0.2, -0.15) is 4.98 Å². The fourth-order valence-electron chi connectivity index (χ4n) is 2.55. The Bertz CT molecular complexity index is 766. The number of hydrogen-bond donors (Lipinski definition) is 1. The molecule has 22 heavy (non-hydrogen) atoms. The van der Waals surface area contributed by atoms with Crippen molar-refractivity contribution in [1.29, 1.82) is 0 Å². The van der Waals surface area contributed by atoms with Gasteiger partial charge in [-0.1, -0.05) is 6.07 Å². The number of aromatic nitrogens is 4. The van der Waals surface area contributed by atoms with E-state index >= 15 is 0 Å². The minimum Gasteiger partial charge on any atom is -0.378 e. The van der Waals surface area contributed by atoms with Crippen molar-refractivity contribution < 1.29 is 4.74 Å². The minimum atomic E-state index is 0.541. The van der Waals surface area contributed by atoms with Crippen LogP contribution in [0.15, 0.2) is 42.7 Å². The number of hydrogen-bond acceptors (Lipinski definition) is 6. The van der Waals surface area contributed by atoms with Crippen LogP contribution in [0.4, 0.5) is 17.5 Å². The van der Waals surface area contributed by atoms with E-state index in [1.807, 2.05) is 30.5 Å². The zero-order chi connectivity index (χ0) is 14.8. The molecule has 0 saturated carbocycles. The van der Waals surface area contributed by atoms with E-state index in [4.69, 9.17) is 4.74 Å². The third kappa shape index (κ3) is 2.46. The van der Waals surface area contributed by atoms with E-state index < -0.39 is 0 Å². The standard InChI is InChI=1S/C15H16N6O/c1-2-6-16-13(5-1)17-15-18-14-12(4-3-7-21(14)19-15)20-8-10-22-11-9-20/h1-7H,8-11H2,(H,16,17,19). The Morgan fingerprint density at radius 3 is 2.82 bits per heavy atom. The molecule has 0 bridgehead atoms. The molecular formula is C15H16N6O. The lowest BCUT2D eigenvalue weighted by Gasteiger charge is -2.28. The van der Waals surface area contributed by atoms with Crippen LogP contribution in [0.3, 0.4) is 0 Å². The summed E-state index contributed by atoms with van der Waals surface area (Å²) >= 11 is 0. The molecule has 1 N–H and O–H groups in total. The first kappa shape index (κ1) is 13.0. The molecule has 1 aliphatic heterocycles. The lowest BCUT2D eigenvalue weighted by atomic mass is 10.3. The molecule has 4 heterocycles. The lowest BCUT2D eigenvalue weighted by Crippen LogP contribution is -2.36. The second-order valence-corrected chi connectivity index (χ2v) is 5.04. The first-order valence-corrected chi connectivity index (χ1v) is 7.26. The van der Waals surface area contributed by atoms with Gasteiger partial charge in [0.05, 0.1) is 18.9 Å². The molecule has 1 aliphatic rings. The third-order valence-corrected chi connectivity index (χ3v) is 3.60. The molecular weight excluding hydrogens is 280 g/mol. The van der Waals surface area contributed by atoms with E-state index in [2.05, 4.69) is 31.3 Å². The van der Waals surface area contributed by atoms with Crippen molar-refractivity contribution in [2.75, 3.05) is 36.5 Å². The molecule has 0 amide bonds. The number of fused-ring (bicyclic) bond motifs is 1. The van der Waals surface area contributed by atoms with Crippen molar-refractivity contribution in [2.45, 2.75) is 0 Å². The zero-order valence-electron chi connectivity index (χ0n) is 12.0. The minimum absolute atomic E-state index is 0.541. The highest BCUT2D eigenvalue weighted by Crippen LogP contribution is 2.22. The first-order valence-electron chi connectivity index (χ1n) is 7.26. The van der Waals surface area contributed by atoms with Crippen LogP contribution in [0.2, 0.25) is 0 Å². The second-order valence-electron chi connectivity index (χ2n) is 5.04. The molecule has 7 heteroatoms. The quantitative estimate of drug-likeness (QED) is 0.793. The van der Waals surface area contributed by atoms with Crippen LogP contribution in [0.25, 0.3) is 5.65 Å². The summed E-state index contributed by atoms with van der Waals surface area (Å²) in [6.45, 7) is 3.23. The molecule has 0 atom stereocenters. The number of ether oxygens (including phenoxy) is 1. The van der Waals surface area contributed by atoms with Crippen LogP contribution in [-0.4, -0.2) is 45.9 Å². The van der Waals surface area contributed by atoms with Gasteiger partial charge in [0.1, 0.15) is 5.82 Å². The maximum absolute atomic E-state index is 5.41. The molecule has 0 spiro atoms. The van der Waals surface area contributed by atoms with Gasteiger partial charge in [-0.15, -0.1) is 5.10 Å². The van der Waals surface area contributed by atoms with Crippen LogP contribution in [0, 0.1) is 0 Å². The van der Waals surface area contributed by atoms with Gasteiger partial charge in [0, 0.05) is 25.5 Å². The van der Waals surface area contributed by atoms with Crippen molar-refractivity contribution in [1.82, 2.24) is 19.6 Å². The van der Waals surface area contributed by atoms with Crippen molar-refractivity contribution >= 4 is 23.1 Å². The van der Waals surface area contributed by atoms with E-state index in [-0.39, 0.29) is 0 Å². The van der Waals surface area contributed by atoms with Crippen molar-refractivity contribution in [3.8, 4) is 0 Å². The predicted molar refractivity (Wildman–Crippen MR) is 83.5 cm³/mol. The third-order valence-electron chi connectivity index (χ3n) is 3.60. The van der Waals surface area contributed by atoms with Gasteiger partial charge in [0.2, 0.25) is 5.95 Å². The summed E-state index contributed by atoms with van der Waals surface area (Å²) in [6, 6.07) is 9.73. The van der Waals surface area contributed by atoms with Crippen LogP contribution in [0.5, 0.6) is 0 Å². The number of nitrogens with one attached hydrogen (secondary N) is 1. The first-order chi connectivity index (χ1) is 10.9. The fourth-order valence-corrected chi connectivity index (χ4v) is 2.55. The van der Waals surface area contributed by atoms with Gasteiger partial charge < -0.3 is 15.0 Å². The normalized spacial score (nSPS) is 15.2. The molecule has 1 saturated heterocycles. The van der Waals surface area contributed by atoms with Gasteiger partial charge in [-0.05, 0) is 24.3 Å². The maximum Gasteiger partial charge on any atom is 0.248 e. The average molecular weight is 296 g/mol. The van der Waals surface area contributed by atoms with Gasteiger partial charge in [-0.25, -0.2) is 9.50 Å². The lowest BCUT2D eigenvalue weighted by molar-refractivity contribution is 0.123. The summed E-state index contributed by atoms with van der Waals surface area (Å²) < 4.78 is 7.20. The predicted octanol–water partition coefficient (Wildman–Crippen LogP) is 1.70. The molecule has 3 aromatic heterocycles. The van der Waals surface area contributed by atoms with E-state index in [0.29, 0.717) is 5.95 Å². The highest BCUT2D eigenvalue weighted by atomic mass is 16.5. The molecule has 1 fully saturated rings. The van der Waals surface area contributed by atoms with E-state index in [1.165, 1.54) is 0 Å². The number of nitrogens with zero attached hydrogens (tertiary/aromatic N) is 5. The van der Waals surface area contributed by atoms with Gasteiger partial charge in [-0.3, -0.25) is 0 Å². The Hall–Kier alpha value is -2.67. The Kier molecular flexibility index (Phi) is 3.32. The Labute approximate surface area is 127 Å². The summed E-state index contributed by atoms with van der Waals surface area (Å²) in [7, 11) is 0. The van der Waals surface area contributed by atoms with E-state index in [9.17, 15) is 0 Å². The highest BCUT2D eigenvalue weighted by molar-refractivity contribution is 5.70. The monoisotopic (exact) mass is 296 g/mol. The largest absolute Gasteiger partial charge is 0.378 e. The molecule has 7 nitrogen and oxygen atoms in total. The van der Waals surface area contributed by atoms with Gasteiger partial charge >= 0.3 is 0 Å². The molecule has 0 aliphatic carbocycles. The Morgan fingerprint density at radius 2 is 2.00 bits per heavy atom. The summed E-state index contributed by atoms with van der Waals surface area (Å²) in [5.41, 5.74) is 1.91. The van der Waals surface area contributed by atoms with Crippen molar-refractivity contribution in [3.63, 3.8) is 0 Å².